The van der Waals surface area contributed by atoms with Crippen LogP contribution < -0.4 is 5.32 Å². The Bertz CT molecular complexity index is 569. The molecule has 7 heteroatoms. The van der Waals surface area contributed by atoms with E-state index in [9.17, 15) is 19.7 Å². The highest BCUT2D eigenvalue weighted by molar-refractivity contribution is 5.95. The first-order valence-corrected chi connectivity index (χ1v) is 7.00. The van der Waals surface area contributed by atoms with Gasteiger partial charge >= 0.3 is 5.97 Å². The first-order chi connectivity index (χ1) is 10.3. The van der Waals surface area contributed by atoms with Crippen LogP contribution in [0.3, 0.4) is 0 Å². The van der Waals surface area contributed by atoms with Gasteiger partial charge in [-0.3, -0.25) is 14.9 Å². The second-order valence-electron chi connectivity index (χ2n) is 5.34. The molecule has 0 bridgehead atoms. The Balaban J connectivity index is 2.61. The van der Waals surface area contributed by atoms with Crippen LogP contribution in [0.5, 0.6) is 0 Å². The molecule has 0 spiro atoms. The third kappa shape index (κ3) is 5.16. The van der Waals surface area contributed by atoms with Crippen LogP contribution in [0.4, 0.5) is 5.69 Å². The van der Waals surface area contributed by atoms with Gasteiger partial charge in [-0.1, -0.05) is 26.0 Å². The third-order valence-electron chi connectivity index (χ3n) is 3.02. The number of rotatable bonds is 7. The van der Waals surface area contributed by atoms with Gasteiger partial charge in [0.25, 0.3) is 11.6 Å². The lowest BCUT2D eigenvalue weighted by Gasteiger charge is -2.08. The first kappa shape index (κ1) is 17.6. The first-order valence-electron chi connectivity index (χ1n) is 7.00. The summed E-state index contributed by atoms with van der Waals surface area (Å²) in [7, 11) is 0. The fraction of sp³-hybridized carbons (Fsp3) is 0.467. The summed E-state index contributed by atoms with van der Waals surface area (Å²) < 4.78 is 4.84. The van der Waals surface area contributed by atoms with Crippen LogP contribution in [-0.2, 0) is 9.53 Å². The van der Waals surface area contributed by atoms with Gasteiger partial charge in [0.15, 0.2) is 6.61 Å². The Labute approximate surface area is 128 Å². The quantitative estimate of drug-likeness (QED) is 0.473. The molecular weight excluding hydrogens is 288 g/mol. The number of esters is 1. The molecule has 0 saturated carbocycles. The lowest BCUT2D eigenvalue weighted by atomic mass is 10.1. The molecule has 0 aromatic heterocycles. The molecule has 0 aliphatic carbocycles. The minimum absolute atomic E-state index is 0.153. The average Bonchev–Trinajstić information content (AvgIpc) is 2.43. The van der Waals surface area contributed by atoms with Crippen LogP contribution >= 0.6 is 0 Å². The van der Waals surface area contributed by atoms with E-state index in [0.29, 0.717) is 18.0 Å². The van der Waals surface area contributed by atoms with Crippen molar-refractivity contribution in [3.8, 4) is 0 Å². The lowest BCUT2D eigenvalue weighted by Crippen LogP contribution is -2.30. The number of aryl methyl sites for hydroxylation is 1. The van der Waals surface area contributed by atoms with E-state index in [4.69, 9.17) is 4.74 Å². The topological polar surface area (TPSA) is 98.5 Å². The summed E-state index contributed by atoms with van der Waals surface area (Å²) in [4.78, 5) is 33.8. The SMILES string of the molecule is Cc1cccc(C(=O)OCC(=O)NCCC(C)C)c1[N+](=O)[O-]. The van der Waals surface area contributed by atoms with Crippen LogP contribution in [0.25, 0.3) is 0 Å². The minimum Gasteiger partial charge on any atom is -0.452 e. The van der Waals surface area contributed by atoms with E-state index >= 15 is 0 Å². The van der Waals surface area contributed by atoms with E-state index < -0.39 is 23.4 Å². The van der Waals surface area contributed by atoms with Gasteiger partial charge in [-0.15, -0.1) is 0 Å². The number of nitro groups is 1. The summed E-state index contributed by atoms with van der Waals surface area (Å²) in [5.41, 5.74) is -0.0893. The zero-order valence-electron chi connectivity index (χ0n) is 12.9. The number of para-hydroxylation sites is 1. The number of hydrogen-bond donors (Lipinski definition) is 1. The Morgan fingerprint density at radius 2 is 2.05 bits per heavy atom. The molecule has 0 aliphatic rings. The molecule has 7 nitrogen and oxygen atoms in total. The zero-order valence-corrected chi connectivity index (χ0v) is 12.9. The van der Waals surface area contributed by atoms with Crippen LogP contribution in [-0.4, -0.2) is 30.0 Å². The molecule has 0 heterocycles. The van der Waals surface area contributed by atoms with Gasteiger partial charge in [0, 0.05) is 12.1 Å². The molecule has 0 saturated heterocycles. The Kier molecular flexibility index (Phi) is 6.49. The molecule has 1 N–H and O–H groups in total. The maximum atomic E-state index is 11.9. The maximum Gasteiger partial charge on any atom is 0.345 e. The zero-order chi connectivity index (χ0) is 16.7. The van der Waals surface area contributed by atoms with Crippen molar-refractivity contribution in [3.05, 3.63) is 39.4 Å². The smallest absolute Gasteiger partial charge is 0.345 e. The Morgan fingerprint density at radius 1 is 1.36 bits per heavy atom. The predicted molar refractivity (Wildman–Crippen MR) is 80.6 cm³/mol. The second kappa shape index (κ2) is 8.11. The molecule has 22 heavy (non-hydrogen) atoms. The number of hydrogen-bond acceptors (Lipinski definition) is 5. The van der Waals surface area contributed by atoms with Crippen LogP contribution in [0.1, 0.15) is 36.2 Å². The standard InChI is InChI=1S/C15H20N2O5/c1-10(2)7-8-16-13(18)9-22-15(19)12-6-4-5-11(3)14(12)17(20)21/h4-6,10H,7-9H2,1-3H3,(H,16,18). The number of carbonyl (C=O) groups is 2. The number of nitrogens with zero attached hydrogens (tertiary/aromatic N) is 1. The van der Waals surface area contributed by atoms with Gasteiger partial charge < -0.3 is 10.1 Å². The van der Waals surface area contributed by atoms with Gasteiger partial charge in [0.05, 0.1) is 4.92 Å². The van der Waals surface area contributed by atoms with Gasteiger partial charge in [0.2, 0.25) is 0 Å². The molecular formula is C15H20N2O5. The largest absolute Gasteiger partial charge is 0.452 e. The molecule has 0 atom stereocenters. The van der Waals surface area contributed by atoms with E-state index in [1.54, 1.807) is 0 Å². The lowest BCUT2D eigenvalue weighted by molar-refractivity contribution is -0.385. The van der Waals surface area contributed by atoms with E-state index in [-0.39, 0.29) is 11.3 Å². The highest BCUT2D eigenvalue weighted by atomic mass is 16.6. The summed E-state index contributed by atoms with van der Waals surface area (Å²) in [5, 5.41) is 13.6. The van der Waals surface area contributed by atoms with Crippen LogP contribution in [0.2, 0.25) is 0 Å². The van der Waals surface area contributed by atoms with E-state index in [0.717, 1.165) is 6.42 Å². The third-order valence-corrected chi connectivity index (χ3v) is 3.02. The van der Waals surface area contributed by atoms with Gasteiger partial charge in [-0.05, 0) is 25.3 Å². The summed E-state index contributed by atoms with van der Waals surface area (Å²) >= 11 is 0. The summed E-state index contributed by atoms with van der Waals surface area (Å²) in [6, 6.07) is 4.37. The van der Waals surface area contributed by atoms with E-state index in [2.05, 4.69) is 5.32 Å². The summed E-state index contributed by atoms with van der Waals surface area (Å²) in [5.74, 6) is -0.850. The fourth-order valence-corrected chi connectivity index (χ4v) is 1.83. The van der Waals surface area contributed by atoms with Crippen molar-refractivity contribution in [1.82, 2.24) is 5.32 Å². The number of benzene rings is 1. The van der Waals surface area contributed by atoms with Crippen molar-refractivity contribution in [2.24, 2.45) is 5.92 Å². The Morgan fingerprint density at radius 3 is 2.64 bits per heavy atom. The number of amides is 1. The number of nitro benzene ring substituents is 1. The molecule has 0 fully saturated rings. The molecule has 0 unspecified atom stereocenters. The van der Waals surface area contributed by atoms with Crippen molar-refractivity contribution in [2.75, 3.05) is 13.2 Å². The van der Waals surface area contributed by atoms with Crippen molar-refractivity contribution < 1.29 is 19.2 Å². The van der Waals surface area contributed by atoms with Crippen molar-refractivity contribution in [3.63, 3.8) is 0 Å². The monoisotopic (exact) mass is 308 g/mol. The van der Waals surface area contributed by atoms with E-state index in [1.165, 1.54) is 25.1 Å². The average molecular weight is 308 g/mol. The molecule has 1 aromatic carbocycles. The number of carbonyl (C=O) groups excluding carboxylic acids is 2. The van der Waals surface area contributed by atoms with Gasteiger partial charge in [-0.25, -0.2) is 4.79 Å². The maximum absolute atomic E-state index is 11.9. The number of nitrogens with one attached hydrogen (secondary N) is 1. The molecule has 0 radical (unpaired) electrons. The van der Waals surface area contributed by atoms with E-state index in [1.807, 2.05) is 13.8 Å². The predicted octanol–water partition coefficient (Wildman–Crippen LogP) is 2.22. The van der Waals surface area contributed by atoms with Crippen molar-refractivity contribution >= 4 is 17.6 Å². The van der Waals surface area contributed by atoms with Gasteiger partial charge in [-0.2, -0.15) is 0 Å². The van der Waals surface area contributed by atoms with Crippen molar-refractivity contribution in [2.45, 2.75) is 27.2 Å². The second-order valence-corrected chi connectivity index (χ2v) is 5.34. The fourth-order valence-electron chi connectivity index (χ4n) is 1.83. The molecule has 1 amide bonds. The molecule has 1 rings (SSSR count). The van der Waals surface area contributed by atoms with Crippen LogP contribution in [0.15, 0.2) is 18.2 Å². The molecule has 1 aromatic rings. The Hall–Kier alpha value is -2.44. The van der Waals surface area contributed by atoms with Gasteiger partial charge in [0.1, 0.15) is 5.56 Å². The van der Waals surface area contributed by atoms with Crippen LogP contribution in [0, 0.1) is 23.0 Å². The molecule has 0 aliphatic heterocycles. The minimum atomic E-state index is -0.880. The normalized spacial score (nSPS) is 10.4. The molecule has 120 valence electrons. The summed E-state index contributed by atoms with van der Waals surface area (Å²) in [6.45, 7) is 5.64. The van der Waals surface area contributed by atoms with Crippen molar-refractivity contribution in [1.29, 1.82) is 0 Å². The summed E-state index contributed by atoms with van der Waals surface area (Å²) in [6.07, 6.45) is 0.822. The highest BCUT2D eigenvalue weighted by Gasteiger charge is 2.23. The highest BCUT2D eigenvalue weighted by Crippen LogP contribution is 2.23. The number of ether oxygens (including phenoxy) is 1.